The third kappa shape index (κ3) is 6.12. The lowest BCUT2D eigenvalue weighted by atomic mass is 10.1. The Labute approximate surface area is 193 Å². The van der Waals surface area contributed by atoms with Gasteiger partial charge in [0.05, 0.1) is 4.90 Å². The maximum atomic E-state index is 12.9. The molecule has 0 saturated carbocycles. The summed E-state index contributed by atoms with van der Waals surface area (Å²) in [4.78, 5) is 14.0. The molecule has 0 heterocycles. The van der Waals surface area contributed by atoms with Crippen molar-refractivity contribution in [3.05, 3.63) is 83.4 Å². The number of amides is 1. The van der Waals surface area contributed by atoms with Gasteiger partial charge in [0.15, 0.2) is 0 Å². The molecule has 0 saturated heterocycles. The Hall–Kier alpha value is -2.81. The minimum atomic E-state index is -3.73. The summed E-state index contributed by atoms with van der Waals surface area (Å²) in [6.45, 7) is 2.61. The number of anilines is 2. The van der Waals surface area contributed by atoms with Crippen molar-refractivity contribution in [3.63, 3.8) is 0 Å². The van der Waals surface area contributed by atoms with Crippen LogP contribution in [0.25, 0.3) is 0 Å². The Bertz CT molecular complexity index is 1190. The monoisotopic (exact) mass is 469 g/mol. The van der Waals surface area contributed by atoms with E-state index in [1.54, 1.807) is 23.9 Å². The van der Waals surface area contributed by atoms with Gasteiger partial charge in [-0.05, 0) is 67.2 Å². The molecule has 0 atom stereocenters. The molecule has 0 aliphatic rings. The van der Waals surface area contributed by atoms with Crippen molar-refractivity contribution in [2.24, 2.45) is 0 Å². The SMILES string of the molecule is CCc1ccc(CNc2cc(C(=O)Nc3cccc(SC)c3)cc(S(=O)(=O)NC)c2)cc1. The Morgan fingerprint density at radius 1 is 0.938 bits per heavy atom. The lowest BCUT2D eigenvalue weighted by Gasteiger charge is -2.13. The summed E-state index contributed by atoms with van der Waals surface area (Å²) < 4.78 is 27.2. The number of hydrogen-bond acceptors (Lipinski definition) is 5. The number of thioether (sulfide) groups is 1. The molecule has 32 heavy (non-hydrogen) atoms. The summed E-state index contributed by atoms with van der Waals surface area (Å²) in [6.07, 6.45) is 2.93. The lowest BCUT2D eigenvalue weighted by Crippen LogP contribution is -2.20. The van der Waals surface area contributed by atoms with Crippen LogP contribution in [0.2, 0.25) is 0 Å². The van der Waals surface area contributed by atoms with E-state index in [1.165, 1.54) is 24.7 Å². The second-order valence-electron chi connectivity index (χ2n) is 7.16. The van der Waals surface area contributed by atoms with Crippen LogP contribution in [0.5, 0.6) is 0 Å². The van der Waals surface area contributed by atoms with Crippen molar-refractivity contribution in [2.45, 2.75) is 29.7 Å². The van der Waals surface area contributed by atoms with E-state index < -0.39 is 10.0 Å². The highest BCUT2D eigenvalue weighted by molar-refractivity contribution is 7.98. The number of aryl methyl sites for hydroxylation is 1. The molecule has 0 aliphatic heterocycles. The molecule has 0 unspecified atom stereocenters. The number of sulfonamides is 1. The van der Waals surface area contributed by atoms with Crippen LogP contribution in [0.4, 0.5) is 11.4 Å². The minimum absolute atomic E-state index is 0.0225. The molecule has 0 aromatic heterocycles. The van der Waals surface area contributed by atoms with Gasteiger partial charge < -0.3 is 10.6 Å². The molecule has 6 nitrogen and oxygen atoms in total. The normalized spacial score (nSPS) is 11.2. The standard InChI is InChI=1S/C24H27N3O3S2/c1-4-17-8-10-18(11-9-17)16-26-21-12-19(13-23(15-21)32(29,30)25-2)24(28)27-20-6-5-7-22(14-20)31-3/h5-15,25-26H,4,16H2,1-3H3,(H,27,28). The molecular weight excluding hydrogens is 442 g/mol. The molecular formula is C24H27N3O3S2. The van der Waals surface area contributed by atoms with E-state index in [0.29, 0.717) is 17.9 Å². The zero-order chi connectivity index (χ0) is 23.1. The van der Waals surface area contributed by atoms with Gasteiger partial charge in [-0.15, -0.1) is 11.8 Å². The Morgan fingerprint density at radius 3 is 2.31 bits per heavy atom. The van der Waals surface area contributed by atoms with Gasteiger partial charge in [-0.2, -0.15) is 0 Å². The average Bonchev–Trinajstić information content (AvgIpc) is 2.83. The molecule has 0 radical (unpaired) electrons. The topological polar surface area (TPSA) is 87.3 Å². The molecule has 3 rings (SSSR count). The quantitative estimate of drug-likeness (QED) is 0.394. The lowest BCUT2D eigenvalue weighted by molar-refractivity contribution is 0.102. The zero-order valence-corrected chi connectivity index (χ0v) is 19.9. The Balaban J connectivity index is 1.87. The fourth-order valence-corrected chi connectivity index (χ4v) is 4.37. The first-order valence-corrected chi connectivity index (χ1v) is 12.9. The number of rotatable bonds is 9. The smallest absolute Gasteiger partial charge is 0.255 e. The highest BCUT2D eigenvalue weighted by Crippen LogP contribution is 2.23. The highest BCUT2D eigenvalue weighted by Gasteiger charge is 2.17. The number of nitrogens with one attached hydrogen (secondary N) is 3. The number of carbonyl (C=O) groups is 1. The second-order valence-corrected chi connectivity index (χ2v) is 9.93. The van der Waals surface area contributed by atoms with Gasteiger partial charge in [-0.25, -0.2) is 13.1 Å². The van der Waals surface area contributed by atoms with Crippen LogP contribution in [0.1, 0.15) is 28.4 Å². The van der Waals surface area contributed by atoms with Gasteiger partial charge in [0.2, 0.25) is 10.0 Å². The van der Waals surface area contributed by atoms with Crippen molar-refractivity contribution in [1.29, 1.82) is 0 Å². The predicted molar refractivity (Wildman–Crippen MR) is 132 cm³/mol. The van der Waals surface area contributed by atoms with E-state index in [1.807, 2.05) is 36.6 Å². The van der Waals surface area contributed by atoms with Crippen LogP contribution in [0.15, 0.2) is 76.5 Å². The highest BCUT2D eigenvalue weighted by atomic mass is 32.2. The van der Waals surface area contributed by atoms with E-state index >= 15 is 0 Å². The van der Waals surface area contributed by atoms with Crippen molar-refractivity contribution < 1.29 is 13.2 Å². The molecule has 3 N–H and O–H groups in total. The van der Waals surface area contributed by atoms with Crippen molar-refractivity contribution in [2.75, 3.05) is 23.9 Å². The molecule has 168 valence electrons. The largest absolute Gasteiger partial charge is 0.381 e. The van der Waals surface area contributed by atoms with Crippen LogP contribution in [-0.2, 0) is 23.0 Å². The number of hydrogen-bond donors (Lipinski definition) is 3. The van der Waals surface area contributed by atoms with Crippen LogP contribution >= 0.6 is 11.8 Å². The van der Waals surface area contributed by atoms with E-state index in [9.17, 15) is 13.2 Å². The summed E-state index contributed by atoms with van der Waals surface area (Å²) in [6, 6.07) is 20.2. The second kappa shape index (κ2) is 10.7. The van der Waals surface area contributed by atoms with Gasteiger partial charge in [-0.1, -0.05) is 37.3 Å². The fourth-order valence-electron chi connectivity index (χ4n) is 3.11. The molecule has 0 aliphatic carbocycles. The summed E-state index contributed by atoms with van der Waals surface area (Å²) in [7, 11) is -2.38. The first kappa shape index (κ1) is 23.8. The first-order valence-electron chi connectivity index (χ1n) is 10.2. The van der Waals surface area contributed by atoms with E-state index in [4.69, 9.17) is 0 Å². The maximum absolute atomic E-state index is 12.9. The zero-order valence-electron chi connectivity index (χ0n) is 18.3. The molecule has 0 spiro atoms. The molecule has 0 fully saturated rings. The summed E-state index contributed by atoms with van der Waals surface area (Å²) in [5, 5.41) is 6.08. The van der Waals surface area contributed by atoms with E-state index in [-0.39, 0.29) is 16.4 Å². The van der Waals surface area contributed by atoms with Crippen molar-refractivity contribution in [3.8, 4) is 0 Å². The molecule has 3 aromatic carbocycles. The van der Waals surface area contributed by atoms with Crippen LogP contribution in [0.3, 0.4) is 0 Å². The third-order valence-electron chi connectivity index (χ3n) is 5.00. The fraction of sp³-hybridized carbons (Fsp3) is 0.208. The summed E-state index contributed by atoms with van der Waals surface area (Å²) in [5.74, 6) is -0.383. The molecule has 8 heteroatoms. The first-order chi connectivity index (χ1) is 15.3. The van der Waals surface area contributed by atoms with E-state index in [0.717, 1.165) is 16.9 Å². The van der Waals surface area contributed by atoms with Gasteiger partial charge in [-0.3, -0.25) is 4.79 Å². The van der Waals surface area contributed by atoms with Gasteiger partial charge in [0.1, 0.15) is 0 Å². The van der Waals surface area contributed by atoms with Crippen LogP contribution in [0, 0.1) is 0 Å². The van der Waals surface area contributed by atoms with Gasteiger partial charge in [0, 0.05) is 28.4 Å². The summed E-state index contributed by atoms with van der Waals surface area (Å²) >= 11 is 1.57. The number of carbonyl (C=O) groups excluding carboxylic acids is 1. The van der Waals surface area contributed by atoms with Crippen molar-refractivity contribution >= 4 is 39.1 Å². The molecule has 3 aromatic rings. The maximum Gasteiger partial charge on any atom is 0.255 e. The molecule has 1 amide bonds. The Kier molecular flexibility index (Phi) is 7.95. The minimum Gasteiger partial charge on any atom is -0.381 e. The third-order valence-corrected chi connectivity index (χ3v) is 7.12. The average molecular weight is 470 g/mol. The van der Waals surface area contributed by atoms with Gasteiger partial charge in [0.25, 0.3) is 5.91 Å². The van der Waals surface area contributed by atoms with Crippen LogP contribution in [-0.4, -0.2) is 27.6 Å². The Morgan fingerprint density at radius 2 is 1.66 bits per heavy atom. The number of benzene rings is 3. The molecule has 0 bridgehead atoms. The predicted octanol–water partition coefficient (Wildman–Crippen LogP) is 4.74. The van der Waals surface area contributed by atoms with E-state index in [2.05, 4.69) is 34.4 Å². The van der Waals surface area contributed by atoms with Crippen LogP contribution < -0.4 is 15.4 Å². The van der Waals surface area contributed by atoms with Gasteiger partial charge >= 0.3 is 0 Å². The van der Waals surface area contributed by atoms with Crippen molar-refractivity contribution in [1.82, 2.24) is 4.72 Å². The summed E-state index contributed by atoms with van der Waals surface area (Å²) in [5.41, 5.74) is 3.75.